The maximum absolute atomic E-state index is 12.4. The van der Waals surface area contributed by atoms with Crippen LogP contribution in [-0.4, -0.2) is 26.0 Å². The first kappa shape index (κ1) is 14.0. The number of aromatic amines is 2. The van der Waals surface area contributed by atoms with Gasteiger partial charge in [-0.25, -0.2) is 4.98 Å². The smallest absolute Gasteiger partial charge is 0.267 e. The molecule has 0 spiro atoms. The number of imidazole rings is 1. The lowest BCUT2D eigenvalue weighted by atomic mass is 10.1. The molecule has 2 aromatic carbocycles. The Kier molecular flexibility index (Phi) is 3.06. The summed E-state index contributed by atoms with van der Waals surface area (Å²) in [5.41, 5.74) is 0.878. The molecule has 0 aliphatic rings. The average Bonchev–Trinajstić information content (AvgIpc) is 2.97. The number of aromatic nitrogens is 3. The number of H-pyrrole nitrogens is 2. The molecule has 4 aromatic rings. The standard InChI is InChI=1S/C17H12N4O3/c22-14-9-5-1-2-6-10(9)18-15(23)13(14)16(24)21-17-19-11-7-3-4-8-12(11)20-17/h1-8H,(H2,18,22,23)(H2,19,20,21,24). The summed E-state index contributed by atoms with van der Waals surface area (Å²) in [7, 11) is 0. The summed E-state index contributed by atoms with van der Waals surface area (Å²) in [6, 6.07) is 14.0. The van der Waals surface area contributed by atoms with Crippen molar-refractivity contribution in [2.45, 2.75) is 0 Å². The molecule has 0 saturated heterocycles. The maximum atomic E-state index is 12.4. The van der Waals surface area contributed by atoms with Crippen molar-refractivity contribution >= 4 is 33.8 Å². The number of para-hydroxylation sites is 3. The zero-order valence-electron chi connectivity index (χ0n) is 12.3. The van der Waals surface area contributed by atoms with Gasteiger partial charge in [-0.3, -0.25) is 14.9 Å². The summed E-state index contributed by atoms with van der Waals surface area (Å²) < 4.78 is 0. The van der Waals surface area contributed by atoms with E-state index in [1.54, 1.807) is 30.3 Å². The number of carbonyl (C=O) groups is 1. The van der Waals surface area contributed by atoms with Gasteiger partial charge in [0.2, 0.25) is 5.95 Å². The molecule has 0 unspecified atom stereocenters. The molecule has 0 aliphatic heterocycles. The topological polar surface area (TPSA) is 111 Å². The Bertz CT molecular complexity index is 1110. The van der Waals surface area contributed by atoms with Crippen LogP contribution in [0.15, 0.2) is 53.3 Å². The number of pyridine rings is 1. The highest BCUT2D eigenvalue weighted by Crippen LogP contribution is 2.25. The van der Waals surface area contributed by atoms with E-state index in [1.807, 2.05) is 18.2 Å². The van der Waals surface area contributed by atoms with Gasteiger partial charge in [-0.05, 0) is 24.3 Å². The number of anilines is 1. The Hall–Kier alpha value is -3.61. The number of nitrogens with zero attached hydrogens (tertiary/aromatic N) is 1. The fourth-order valence-electron chi connectivity index (χ4n) is 2.62. The van der Waals surface area contributed by atoms with E-state index in [0.29, 0.717) is 16.4 Å². The number of hydrogen-bond donors (Lipinski definition) is 4. The van der Waals surface area contributed by atoms with Crippen molar-refractivity contribution in [3.05, 3.63) is 64.4 Å². The van der Waals surface area contributed by atoms with Gasteiger partial charge in [0.25, 0.3) is 11.5 Å². The van der Waals surface area contributed by atoms with Crippen LogP contribution in [0, 0.1) is 0 Å². The van der Waals surface area contributed by atoms with E-state index in [9.17, 15) is 14.7 Å². The highest BCUT2D eigenvalue weighted by Gasteiger charge is 2.20. The van der Waals surface area contributed by atoms with Gasteiger partial charge in [0.05, 0.1) is 16.6 Å². The Balaban J connectivity index is 1.76. The van der Waals surface area contributed by atoms with E-state index >= 15 is 0 Å². The molecule has 0 radical (unpaired) electrons. The Morgan fingerprint density at radius 3 is 2.50 bits per heavy atom. The summed E-state index contributed by atoms with van der Waals surface area (Å²) in [6.45, 7) is 0. The van der Waals surface area contributed by atoms with Gasteiger partial charge in [0.15, 0.2) is 0 Å². The van der Waals surface area contributed by atoms with Crippen molar-refractivity contribution in [3.8, 4) is 5.75 Å². The van der Waals surface area contributed by atoms with Crippen LogP contribution in [0.1, 0.15) is 10.4 Å². The third-order valence-corrected chi connectivity index (χ3v) is 3.74. The molecule has 1 amide bonds. The molecule has 4 rings (SSSR count). The molecule has 0 aliphatic carbocycles. The normalized spacial score (nSPS) is 11.0. The van der Waals surface area contributed by atoms with E-state index in [4.69, 9.17) is 0 Å². The molecule has 7 heteroatoms. The van der Waals surface area contributed by atoms with Gasteiger partial charge in [-0.1, -0.05) is 24.3 Å². The zero-order chi connectivity index (χ0) is 16.7. The quantitative estimate of drug-likeness (QED) is 0.454. The average molecular weight is 320 g/mol. The van der Waals surface area contributed by atoms with Crippen LogP contribution >= 0.6 is 0 Å². The molecule has 0 fully saturated rings. The minimum Gasteiger partial charge on any atom is -0.506 e. The lowest BCUT2D eigenvalue weighted by molar-refractivity contribution is 0.102. The van der Waals surface area contributed by atoms with Gasteiger partial charge >= 0.3 is 0 Å². The summed E-state index contributed by atoms with van der Waals surface area (Å²) in [4.78, 5) is 34.3. The Morgan fingerprint density at radius 1 is 1.00 bits per heavy atom. The third-order valence-electron chi connectivity index (χ3n) is 3.74. The van der Waals surface area contributed by atoms with Gasteiger partial charge < -0.3 is 15.1 Å². The third kappa shape index (κ3) is 2.19. The van der Waals surface area contributed by atoms with Crippen LogP contribution in [0.5, 0.6) is 5.75 Å². The van der Waals surface area contributed by atoms with Crippen molar-refractivity contribution in [1.29, 1.82) is 0 Å². The second-order valence-electron chi connectivity index (χ2n) is 5.28. The molecule has 0 bridgehead atoms. The van der Waals surface area contributed by atoms with E-state index in [0.717, 1.165) is 5.52 Å². The first-order valence-corrected chi connectivity index (χ1v) is 7.23. The first-order chi connectivity index (χ1) is 11.6. The lowest BCUT2D eigenvalue weighted by Gasteiger charge is -2.06. The molecule has 2 heterocycles. The molecule has 7 nitrogen and oxygen atoms in total. The van der Waals surface area contributed by atoms with E-state index in [1.165, 1.54) is 0 Å². The first-order valence-electron chi connectivity index (χ1n) is 7.23. The largest absolute Gasteiger partial charge is 0.506 e. The number of nitrogens with one attached hydrogen (secondary N) is 3. The van der Waals surface area contributed by atoms with Crippen LogP contribution in [0.4, 0.5) is 5.95 Å². The molecule has 24 heavy (non-hydrogen) atoms. The number of benzene rings is 2. The highest BCUT2D eigenvalue weighted by atomic mass is 16.3. The van der Waals surface area contributed by atoms with Crippen molar-refractivity contribution < 1.29 is 9.90 Å². The number of carbonyl (C=O) groups excluding carboxylic acids is 1. The molecule has 4 N–H and O–H groups in total. The van der Waals surface area contributed by atoms with Crippen molar-refractivity contribution in [3.63, 3.8) is 0 Å². The van der Waals surface area contributed by atoms with Gasteiger partial charge in [-0.15, -0.1) is 0 Å². The number of rotatable bonds is 2. The number of aromatic hydroxyl groups is 1. The monoisotopic (exact) mass is 320 g/mol. The fourth-order valence-corrected chi connectivity index (χ4v) is 2.62. The molecule has 0 atom stereocenters. The summed E-state index contributed by atoms with van der Waals surface area (Å²) in [5, 5.41) is 13.2. The van der Waals surface area contributed by atoms with E-state index in [-0.39, 0.29) is 17.3 Å². The van der Waals surface area contributed by atoms with Crippen LogP contribution in [0.3, 0.4) is 0 Å². The van der Waals surface area contributed by atoms with Gasteiger partial charge in [-0.2, -0.15) is 0 Å². The summed E-state index contributed by atoms with van der Waals surface area (Å²) >= 11 is 0. The lowest BCUT2D eigenvalue weighted by Crippen LogP contribution is -2.23. The van der Waals surface area contributed by atoms with E-state index < -0.39 is 11.5 Å². The molecule has 0 saturated carbocycles. The van der Waals surface area contributed by atoms with Crippen LogP contribution in [0.25, 0.3) is 21.9 Å². The predicted octanol–water partition coefficient (Wildman–Crippen LogP) is 2.36. The van der Waals surface area contributed by atoms with E-state index in [2.05, 4.69) is 20.3 Å². The van der Waals surface area contributed by atoms with Gasteiger partial charge in [0.1, 0.15) is 11.3 Å². The molecular weight excluding hydrogens is 308 g/mol. The van der Waals surface area contributed by atoms with Gasteiger partial charge in [0, 0.05) is 5.39 Å². The second-order valence-corrected chi connectivity index (χ2v) is 5.28. The second kappa shape index (κ2) is 5.24. The fraction of sp³-hybridized carbons (Fsp3) is 0. The minimum absolute atomic E-state index is 0.202. The zero-order valence-corrected chi connectivity index (χ0v) is 12.3. The predicted molar refractivity (Wildman–Crippen MR) is 90.3 cm³/mol. The molecular formula is C17H12N4O3. The summed E-state index contributed by atoms with van der Waals surface area (Å²) in [5.74, 6) is -0.894. The van der Waals surface area contributed by atoms with Crippen LogP contribution < -0.4 is 10.9 Å². The number of amides is 1. The molecule has 118 valence electrons. The summed E-state index contributed by atoms with van der Waals surface area (Å²) in [6.07, 6.45) is 0. The Labute approximate surface area is 135 Å². The minimum atomic E-state index is -0.737. The highest BCUT2D eigenvalue weighted by molar-refractivity contribution is 6.08. The van der Waals surface area contributed by atoms with Crippen molar-refractivity contribution in [2.24, 2.45) is 0 Å². The number of hydrogen-bond acceptors (Lipinski definition) is 4. The Morgan fingerprint density at radius 2 is 1.71 bits per heavy atom. The van der Waals surface area contributed by atoms with Crippen LogP contribution in [-0.2, 0) is 0 Å². The molecule has 2 aromatic heterocycles. The maximum Gasteiger partial charge on any atom is 0.267 e. The van der Waals surface area contributed by atoms with Crippen molar-refractivity contribution in [2.75, 3.05) is 5.32 Å². The SMILES string of the molecule is O=C(Nc1nc2ccccc2[nH]1)c1c(O)c2ccccc2[nH]c1=O. The van der Waals surface area contributed by atoms with Crippen LogP contribution in [0.2, 0.25) is 0 Å². The number of fused-ring (bicyclic) bond motifs is 2. The van der Waals surface area contributed by atoms with Crippen molar-refractivity contribution in [1.82, 2.24) is 15.0 Å².